The smallest absolute Gasteiger partial charge is 0.338 e. The number of ether oxygens (including phenoxy) is 3. The summed E-state index contributed by atoms with van der Waals surface area (Å²) in [7, 11) is 1.47. The Kier molecular flexibility index (Phi) is 7.14. The molecule has 2 rings (SSSR count). The zero-order valence-electron chi connectivity index (χ0n) is 15.7. The van der Waals surface area contributed by atoms with Gasteiger partial charge in [0.2, 0.25) is 0 Å². The minimum atomic E-state index is -0.625. The largest absolute Gasteiger partial charge is 0.493 e. The second-order valence-electron chi connectivity index (χ2n) is 6.82. The van der Waals surface area contributed by atoms with Crippen LogP contribution >= 0.6 is 11.6 Å². The summed E-state index contributed by atoms with van der Waals surface area (Å²) in [6.45, 7) is 6.98. The number of hydrogen-bond donors (Lipinski definition) is 0. The van der Waals surface area contributed by atoms with Crippen LogP contribution in [0.1, 0.15) is 44.0 Å². The molecule has 1 fully saturated rings. The molecule has 0 N–H and O–H groups in total. The summed E-state index contributed by atoms with van der Waals surface area (Å²) in [6.07, 6.45) is 2.00. The van der Waals surface area contributed by atoms with E-state index in [2.05, 4.69) is 6.92 Å². The maximum absolute atomic E-state index is 12.3. The molecule has 1 heterocycles. The van der Waals surface area contributed by atoms with Crippen molar-refractivity contribution >= 4 is 23.5 Å². The van der Waals surface area contributed by atoms with Crippen molar-refractivity contribution in [3.8, 4) is 11.5 Å². The van der Waals surface area contributed by atoms with Crippen LogP contribution in [0.25, 0.3) is 0 Å². The van der Waals surface area contributed by atoms with Gasteiger partial charge in [-0.25, -0.2) is 4.79 Å². The van der Waals surface area contributed by atoms with Gasteiger partial charge in [-0.3, -0.25) is 4.79 Å². The molecule has 1 amide bonds. The van der Waals surface area contributed by atoms with Crippen LogP contribution in [0, 0.1) is 5.92 Å². The van der Waals surface area contributed by atoms with E-state index in [1.165, 1.54) is 19.2 Å². The van der Waals surface area contributed by atoms with E-state index in [9.17, 15) is 9.59 Å². The van der Waals surface area contributed by atoms with Crippen molar-refractivity contribution in [2.75, 3.05) is 26.8 Å². The first-order chi connectivity index (χ1) is 12.3. The minimum Gasteiger partial charge on any atom is -0.493 e. The zero-order chi connectivity index (χ0) is 19.3. The highest BCUT2D eigenvalue weighted by Crippen LogP contribution is 2.37. The van der Waals surface area contributed by atoms with Crippen LogP contribution in [0.3, 0.4) is 0 Å². The molecule has 6 nitrogen and oxygen atoms in total. The van der Waals surface area contributed by atoms with E-state index in [0.29, 0.717) is 30.5 Å². The Morgan fingerprint density at radius 2 is 2.08 bits per heavy atom. The summed E-state index contributed by atoms with van der Waals surface area (Å²) >= 11 is 6.21. The predicted octanol–water partition coefficient (Wildman–Crippen LogP) is 3.55. The van der Waals surface area contributed by atoms with Crippen molar-refractivity contribution in [1.82, 2.24) is 4.90 Å². The first-order valence-corrected chi connectivity index (χ1v) is 9.18. The fraction of sp³-hybridized carbons (Fsp3) is 0.579. The average Bonchev–Trinajstić information content (AvgIpc) is 2.60. The van der Waals surface area contributed by atoms with Crippen molar-refractivity contribution in [3.05, 3.63) is 22.7 Å². The minimum absolute atomic E-state index is 0.0937. The highest BCUT2D eigenvalue weighted by atomic mass is 35.5. The maximum atomic E-state index is 12.3. The average molecular weight is 384 g/mol. The van der Waals surface area contributed by atoms with Crippen LogP contribution in [0.5, 0.6) is 11.5 Å². The van der Waals surface area contributed by atoms with E-state index in [1.807, 2.05) is 13.8 Å². The van der Waals surface area contributed by atoms with Gasteiger partial charge in [-0.05, 0) is 44.7 Å². The number of carbonyl (C=O) groups excluding carboxylic acids is 2. The lowest BCUT2D eigenvalue weighted by Crippen LogP contribution is -2.41. The standard InChI is InChI=1S/C19H26ClNO5/c1-12(2)26-18-15(20)8-14(9-16(18)24-4)19(23)25-11-17(22)21-7-5-6-13(3)10-21/h8-9,12-13H,5-7,10-11H2,1-4H3. The van der Waals surface area contributed by atoms with Gasteiger partial charge < -0.3 is 19.1 Å². The summed E-state index contributed by atoms with van der Waals surface area (Å²) in [5, 5.41) is 0.251. The van der Waals surface area contributed by atoms with E-state index in [1.54, 1.807) is 4.90 Å². The number of benzene rings is 1. The maximum Gasteiger partial charge on any atom is 0.338 e. The molecule has 0 spiro atoms. The first-order valence-electron chi connectivity index (χ1n) is 8.81. The van der Waals surface area contributed by atoms with Gasteiger partial charge in [0.15, 0.2) is 18.1 Å². The summed E-state index contributed by atoms with van der Waals surface area (Å²) in [6, 6.07) is 2.96. The quantitative estimate of drug-likeness (QED) is 0.703. The Labute approximate surface area is 159 Å². The molecule has 1 aliphatic rings. The van der Waals surface area contributed by atoms with E-state index in [0.717, 1.165) is 12.8 Å². The van der Waals surface area contributed by atoms with Gasteiger partial charge in [0.25, 0.3) is 5.91 Å². The van der Waals surface area contributed by atoms with Gasteiger partial charge in [0.1, 0.15) is 0 Å². The molecule has 0 aromatic heterocycles. The number of likely N-dealkylation sites (tertiary alicyclic amines) is 1. The van der Waals surface area contributed by atoms with Crippen LogP contribution in [0.4, 0.5) is 0 Å². The third-order valence-electron chi connectivity index (χ3n) is 4.16. The fourth-order valence-electron chi connectivity index (χ4n) is 2.91. The first kappa shape index (κ1) is 20.4. The van der Waals surface area contributed by atoms with E-state index >= 15 is 0 Å². The summed E-state index contributed by atoms with van der Waals surface area (Å²) in [5.41, 5.74) is 0.211. The van der Waals surface area contributed by atoms with E-state index < -0.39 is 5.97 Å². The predicted molar refractivity (Wildman–Crippen MR) is 99.0 cm³/mol. The van der Waals surface area contributed by atoms with Crippen LogP contribution in [0.15, 0.2) is 12.1 Å². The van der Waals surface area contributed by atoms with Gasteiger partial charge in [-0.15, -0.1) is 0 Å². The van der Waals surface area contributed by atoms with E-state index in [-0.39, 0.29) is 29.2 Å². The molecule has 26 heavy (non-hydrogen) atoms. The number of carbonyl (C=O) groups is 2. The van der Waals surface area contributed by atoms with Crippen LogP contribution in [0.2, 0.25) is 5.02 Å². The SMILES string of the molecule is COc1cc(C(=O)OCC(=O)N2CCCC(C)C2)cc(Cl)c1OC(C)C. The monoisotopic (exact) mass is 383 g/mol. The fourth-order valence-corrected chi connectivity index (χ4v) is 3.16. The Morgan fingerprint density at radius 1 is 1.35 bits per heavy atom. The number of halogens is 1. The molecule has 0 radical (unpaired) electrons. The van der Waals surface area contributed by atoms with Crippen molar-refractivity contribution in [1.29, 1.82) is 0 Å². The van der Waals surface area contributed by atoms with Gasteiger partial charge in [-0.2, -0.15) is 0 Å². The Hall–Kier alpha value is -1.95. The van der Waals surface area contributed by atoms with Gasteiger partial charge in [-0.1, -0.05) is 18.5 Å². The molecule has 0 bridgehead atoms. The molecule has 1 aromatic carbocycles. The Morgan fingerprint density at radius 3 is 2.69 bits per heavy atom. The topological polar surface area (TPSA) is 65.1 Å². The van der Waals surface area contributed by atoms with Crippen molar-refractivity contribution in [2.24, 2.45) is 5.92 Å². The number of nitrogens with zero attached hydrogens (tertiary/aromatic N) is 1. The Bertz CT molecular complexity index is 662. The van der Waals surface area contributed by atoms with Gasteiger partial charge in [0, 0.05) is 13.1 Å². The zero-order valence-corrected chi connectivity index (χ0v) is 16.5. The molecule has 1 atom stereocenters. The second kappa shape index (κ2) is 9.12. The summed E-state index contributed by atoms with van der Waals surface area (Å²) in [5.74, 6) is 0.385. The third-order valence-corrected chi connectivity index (χ3v) is 4.44. The lowest BCUT2D eigenvalue weighted by atomic mass is 10.0. The third kappa shape index (κ3) is 5.27. The molecule has 0 saturated carbocycles. The molecular weight excluding hydrogens is 358 g/mol. The lowest BCUT2D eigenvalue weighted by Gasteiger charge is -2.30. The number of amides is 1. The summed E-state index contributed by atoms with van der Waals surface area (Å²) in [4.78, 5) is 26.3. The number of piperidine rings is 1. The molecule has 1 unspecified atom stereocenters. The normalized spacial score (nSPS) is 17.2. The molecule has 1 aromatic rings. The van der Waals surface area contributed by atoms with Crippen LogP contribution in [-0.4, -0.2) is 49.7 Å². The van der Waals surface area contributed by atoms with Gasteiger partial charge >= 0.3 is 5.97 Å². The molecule has 1 aliphatic heterocycles. The van der Waals surface area contributed by atoms with E-state index in [4.69, 9.17) is 25.8 Å². The number of methoxy groups -OCH3 is 1. The van der Waals surface area contributed by atoms with Gasteiger partial charge in [0.05, 0.1) is 23.8 Å². The highest BCUT2D eigenvalue weighted by molar-refractivity contribution is 6.32. The summed E-state index contributed by atoms with van der Waals surface area (Å²) < 4.78 is 16.0. The highest BCUT2D eigenvalue weighted by Gasteiger charge is 2.23. The molecular formula is C19H26ClNO5. The van der Waals surface area contributed by atoms with Crippen molar-refractivity contribution < 1.29 is 23.8 Å². The molecule has 1 saturated heterocycles. The van der Waals surface area contributed by atoms with Crippen molar-refractivity contribution in [2.45, 2.75) is 39.7 Å². The number of esters is 1. The van der Waals surface area contributed by atoms with Crippen LogP contribution < -0.4 is 9.47 Å². The molecule has 0 aliphatic carbocycles. The Balaban J connectivity index is 2.02. The van der Waals surface area contributed by atoms with Crippen molar-refractivity contribution in [3.63, 3.8) is 0 Å². The lowest BCUT2D eigenvalue weighted by molar-refractivity contribution is -0.136. The molecule has 7 heteroatoms. The molecule has 144 valence electrons. The number of hydrogen-bond acceptors (Lipinski definition) is 5. The van der Waals surface area contributed by atoms with Crippen LogP contribution in [-0.2, 0) is 9.53 Å². The number of rotatable bonds is 6. The second-order valence-corrected chi connectivity index (χ2v) is 7.23.